The van der Waals surface area contributed by atoms with Gasteiger partial charge < -0.3 is 9.84 Å². The van der Waals surface area contributed by atoms with Gasteiger partial charge in [0.2, 0.25) is 0 Å². The monoisotopic (exact) mass is 262 g/mol. The maximum atomic E-state index is 10.9. The molecule has 1 aliphatic rings. The number of ether oxygens (including phenoxy) is 1. The molecule has 0 unspecified atom stereocenters. The van der Waals surface area contributed by atoms with Gasteiger partial charge in [-0.05, 0) is 62.1 Å². The second kappa shape index (κ2) is 5.96. The molecule has 1 saturated carbocycles. The molecule has 0 radical (unpaired) electrons. The van der Waals surface area contributed by atoms with E-state index in [1.807, 2.05) is 31.2 Å². The number of aliphatic hydroxyl groups is 1. The summed E-state index contributed by atoms with van der Waals surface area (Å²) < 4.78 is 5.53. The number of rotatable bonds is 4. The fourth-order valence-electron chi connectivity index (χ4n) is 3.12. The van der Waals surface area contributed by atoms with Crippen molar-refractivity contribution in [3.05, 3.63) is 29.8 Å². The van der Waals surface area contributed by atoms with E-state index < -0.39 is 5.60 Å². The highest BCUT2D eigenvalue weighted by Crippen LogP contribution is 2.42. The Labute approximate surface area is 116 Å². The molecule has 0 spiro atoms. The number of hydrogen-bond donors (Lipinski definition) is 1. The minimum absolute atomic E-state index is 0.654. The summed E-state index contributed by atoms with van der Waals surface area (Å²) in [7, 11) is 0. The first-order valence-electron chi connectivity index (χ1n) is 7.51. The van der Waals surface area contributed by atoms with Gasteiger partial charge in [-0.2, -0.15) is 0 Å². The third-order valence-electron chi connectivity index (χ3n) is 4.48. The largest absolute Gasteiger partial charge is 0.494 e. The molecule has 1 aromatic rings. The molecule has 0 aliphatic heterocycles. The van der Waals surface area contributed by atoms with Crippen LogP contribution in [0.15, 0.2) is 24.3 Å². The van der Waals surface area contributed by atoms with Gasteiger partial charge in [-0.25, -0.2) is 0 Å². The third-order valence-corrected chi connectivity index (χ3v) is 4.48. The van der Waals surface area contributed by atoms with Crippen molar-refractivity contribution in [3.8, 4) is 5.75 Å². The molecule has 0 heterocycles. The summed E-state index contributed by atoms with van der Waals surface area (Å²) in [5.41, 5.74) is 0.360. The molecular formula is C17H26O2. The normalized spacial score (nSPS) is 27.5. The zero-order valence-corrected chi connectivity index (χ0v) is 12.4. The maximum absolute atomic E-state index is 10.9. The highest BCUT2D eigenvalue weighted by molar-refractivity contribution is 5.32. The molecule has 2 heteroatoms. The van der Waals surface area contributed by atoms with Gasteiger partial charge in [0.25, 0.3) is 0 Å². The molecule has 0 amide bonds. The lowest BCUT2D eigenvalue weighted by Gasteiger charge is -2.38. The van der Waals surface area contributed by atoms with Crippen LogP contribution in [0.4, 0.5) is 0 Å². The summed E-state index contributed by atoms with van der Waals surface area (Å²) in [5.74, 6) is 2.34. The van der Waals surface area contributed by atoms with Crippen molar-refractivity contribution in [2.45, 2.75) is 52.1 Å². The van der Waals surface area contributed by atoms with E-state index in [1.165, 1.54) is 0 Å². The van der Waals surface area contributed by atoms with Gasteiger partial charge in [-0.1, -0.05) is 26.0 Å². The SMILES string of the molecule is CCOc1cccc(C2(O)CCC(C(C)C)CC2)c1. The van der Waals surface area contributed by atoms with Gasteiger partial charge in [-0.15, -0.1) is 0 Å². The summed E-state index contributed by atoms with van der Waals surface area (Å²) in [5, 5.41) is 10.9. The first kappa shape index (κ1) is 14.4. The van der Waals surface area contributed by atoms with Crippen LogP contribution in [-0.2, 0) is 5.60 Å². The van der Waals surface area contributed by atoms with Crippen LogP contribution in [0.3, 0.4) is 0 Å². The van der Waals surface area contributed by atoms with Crippen LogP contribution in [-0.4, -0.2) is 11.7 Å². The molecule has 0 saturated heterocycles. The van der Waals surface area contributed by atoms with Crippen LogP contribution in [0, 0.1) is 11.8 Å². The Kier molecular flexibility index (Phi) is 4.51. The summed E-state index contributed by atoms with van der Waals surface area (Å²) in [6.07, 6.45) is 3.97. The van der Waals surface area contributed by atoms with Crippen LogP contribution < -0.4 is 4.74 Å². The molecular weight excluding hydrogens is 236 g/mol. The van der Waals surface area contributed by atoms with E-state index in [-0.39, 0.29) is 0 Å². The van der Waals surface area contributed by atoms with Crippen molar-refractivity contribution in [2.75, 3.05) is 6.61 Å². The quantitative estimate of drug-likeness (QED) is 0.884. The molecule has 19 heavy (non-hydrogen) atoms. The summed E-state index contributed by atoms with van der Waals surface area (Å²) in [6.45, 7) is 7.21. The molecule has 2 rings (SSSR count). The highest BCUT2D eigenvalue weighted by Gasteiger charge is 2.35. The molecule has 0 atom stereocenters. The minimum Gasteiger partial charge on any atom is -0.494 e. The van der Waals surface area contributed by atoms with Gasteiger partial charge >= 0.3 is 0 Å². The van der Waals surface area contributed by atoms with Crippen molar-refractivity contribution < 1.29 is 9.84 Å². The Morgan fingerprint density at radius 2 is 2.00 bits per heavy atom. The predicted octanol–water partition coefficient (Wildman–Crippen LogP) is 4.12. The standard InChI is InChI=1S/C17H26O2/c1-4-19-16-7-5-6-15(12-16)17(18)10-8-14(9-11-17)13(2)3/h5-7,12-14,18H,4,8-11H2,1-3H3. The van der Waals surface area contributed by atoms with Crippen molar-refractivity contribution in [3.63, 3.8) is 0 Å². The van der Waals surface area contributed by atoms with Gasteiger partial charge in [0.05, 0.1) is 12.2 Å². The van der Waals surface area contributed by atoms with E-state index in [0.29, 0.717) is 6.61 Å². The van der Waals surface area contributed by atoms with Crippen molar-refractivity contribution in [2.24, 2.45) is 11.8 Å². The zero-order valence-electron chi connectivity index (χ0n) is 12.4. The Bertz CT molecular complexity index is 403. The van der Waals surface area contributed by atoms with E-state index >= 15 is 0 Å². The zero-order chi connectivity index (χ0) is 13.9. The fraction of sp³-hybridized carbons (Fsp3) is 0.647. The van der Waals surface area contributed by atoms with Crippen LogP contribution >= 0.6 is 0 Å². The molecule has 1 N–H and O–H groups in total. The second-order valence-electron chi connectivity index (χ2n) is 6.07. The molecule has 1 aliphatic carbocycles. The third kappa shape index (κ3) is 3.30. The fourth-order valence-corrected chi connectivity index (χ4v) is 3.12. The van der Waals surface area contributed by atoms with Gasteiger partial charge in [-0.3, -0.25) is 0 Å². The highest BCUT2D eigenvalue weighted by atomic mass is 16.5. The van der Waals surface area contributed by atoms with Crippen molar-refractivity contribution in [1.82, 2.24) is 0 Å². The van der Waals surface area contributed by atoms with Gasteiger partial charge in [0.15, 0.2) is 0 Å². The van der Waals surface area contributed by atoms with Gasteiger partial charge in [0, 0.05) is 0 Å². The van der Waals surface area contributed by atoms with Gasteiger partial charge in [0.1, 0.15) is 5.75 Å². The number of benzene rings is 1. The van der Waals surface area contributed by atoms with E-state index in [1.54, 1.807) is 0 Å². The topological polar surface area (TPSA) is 29.5 Å². The molecule has 1 fully saturated rings. The van der Waals surface area contributed by atoms with E-state index in [2.05, 4.69) is 13.8 Å². The van der Waals surface area contributed by atoms with E-state index in [9.17, 15) is 5.11 Å². The van der Waals surface area contributed by atoms with Crippen LogP contribution in [0.5, 0.6) is 5.75 Å². The van der Waals surface area contributed by atoms with Crippen molar-refractivity contribution in [1.29, 1.82) is 0 Å². The average molecular weight is 262 g/mol. The molecule has 0 bridgehead atoms. The first-order valence-corrected chi connectivity index (χ1v) is 7.51. The minimum atomic E-state index is -0.654. The summed E-state index contributed by atoms with van der Waals surface area (Å²) >= 11 is 0. The van der Waals surface area contributed by atoms with E-state index in [4.69, 9.17) is 4.74 Å². The molecule has 106 valence electrons. The smallest absolute Gasteiger partial charge is 0.119 e. The lowest BCUT2D eigenvalue weighted by Crippen LogP contribution is -2.32. The number of hydrogen-bond acceptors (Lipinski definition) is 2. The predicted molar refractivity (Wildman–Crippen MR) is 78.3 cm³/mol. The Morgan fingerprint density at radius 3 is 2.58 bits per heavy atom. The molecule has 1 aromatic carbocycles. The van der Waals surface area contributed by atoms with Crippen LogP contribution in [0.25, 0.3) is 0 Å². The Balaban J connectivity index is 2.10. The summed E-state index contributed by atoms with van der Waals surface area (Å²) in [6, 6.07) is 7.96. The average Bonchev–Trinajstić information content (AvgIpc) is 2.40. The lowest BCUT2D eigenvalue weighted by atomic mass is 9.72. The van der Waals surface area contributed by atoms with Crippen LogP contribution in [0.1, 0.15) is 52.0 Å². The van der Waals surface area contributed by atoms with E-state index in [0.717, 1.165) is 48.8 Å². The second-order valence-corrected chi connectivity index (χ2v) is 6.07. The molecule has 2 nitrogen and oxygen atoms in total. The van der Waals surface area contributed by atoms with Crippen molar-refractivity contribution >= 4 is 0 Å². The lowest BCUT2D eigenvalue weighted by molar-refractivity contribution is -0.0201. The van der Waals surface area contributed by atoms with Crippen LogP contribution in [0.2, 0.25) is 0 Å². The Hall–Kier alpha value is -1.02. The first-order chi connectivity index (χ1) is 9.05. The maximum Gasteiger partial charge on any atom is 0.119 e. The molecule has 0 aromatic heterocycles. The summed E-state index contributed by atoms with van der Waals surface area (Å²) in [4.78, 5) is 0. The Morgan fingerprint density at radius 1 is 1.32 bits per heavy atom.